The first-order valence-electron chi connectivity index (χ1n) is 10.2. The summed E-state index contributed by atoms with van der Waals surface area (Å²) in [7, 11) is 1.55. The van der Waals surface area contributed by atoms with Crippen LogP contribution in [0, 0.1) is 0 Å². The summed E-state index contributed by atoms with van der Waals surface area (Å²) < 4.78 is 11.0. The third kappa shape index (κ3) is 4.26. The zero-order valence-corrected chi connectivity index (χ0v) is 17.3. The van der Waals surface area contributed by atoms with Crippen LogP contribution in [0.25, 0.3) is 11.4 Å². The highest BCUT2D eigenvalue weighted by atomic mass is 16.5. The van der Waals surface area contributed by atoms with E-state index in [9.17, 15) is 4.79 Å². The number of carbonyl (C=O) groups excluding carboxylic acids is 1. The molecule has 29 heavy (non-hydrogen) atoms. The first-order chi connectivity index (χ1) is 14.0. The van der Waals surface area contributed by atoms with Gasteiger partial charge in [-0.25, -0.2) is 9.97 Å². The van der Waals surface area contributed by atoms with E-state index in [4.69, 9.17) is 19.4 Å². The van der Waals surface area contributed by atoms with Gasteiger partial charge >= 0.3 is 0 Å². The van der Waals surface area contributed by atoms with Crippen molar-refractivity contribution in [3.05, 3.63) is 41.6 Å². The highest BCUT2D eigenvalue weighted by Crippen LogP contribution is 2.31. The maximum Gasteiger partial charge on any atom is 0.248 e. The van der Waals surface area contributed by atoms with Gasteiger partial charge in [-0.1, -0.05) is 30.3 Å². The molecule has 4 rings (SSSR count). The smallest absolute Gasteiger partial charge is 0.248 e. The number of hydrogen-bond acceptors (Lipinski definition) is 6. The molecule has 1 saturated heterocycles. The molecule has 2 unspecified atom stereocenters. The summed E-state index contributed by atoms with van der Waals surface area (Å²) in [6, 6.07) is 10.1. The number of ether oxygens (including phenoxy) is 2. The van der Waals surface area contributed by atoms with E-state index < -0.39 is 0 Å². The standard InChI is InChI=1S/C22H28N4O3/c1-15-11-26(12-16(2)29-15)22-18-13-25(20(27)14-28-3)10-9-19(18)23-21(24-22)17-7-5-4-6-8-17/h4-8,15-16H,9-14H2,1-3H3. The molecule has 1 aromatic carbocycles. The lowest BCUT2D eigenvalue weighted by Crippen LogP contribution is -2.47. The molecule has 1 amide bonds. The van der Waals surface area contributed by atoms with Gasteiger partial charge in [0, 0.05) is 44.3 Å². The van der Waals surface area contributed by atoms with Crippen LogP contribution in [0.1, 0.15) is 25.1 Å². The SMILES string of the molecule is COCC(=O)N1CCc2nc(-c3ccccc3)nc(N3CC(C)OC(C)C3)c2C1. The fraction of sp³-hybridized carbons (Fsp3) is 0.500. The Hall–Kier alpha value is -2.51. The van der Waals surface area contributed by atoms with Crippen LogP contribution in [0.15, 0.2) is 30.3 Å². The number of rotatable bonds is 4. The van der Waals surface area contributed by atoms with Gasteiger partial charge in [0.15, 0.2) is 5.82 Å². The van der Waals surface area contributed by atoms with Gasteiger partial charge in [0.2, 0.25) is 5.91 Å². The molecular weight excluding hydrogens is 368 g/mol. The van der Waals surface area contributed by atoms with E-state index in [-0.39, 0.29) is 24.7 Å². The summed E-state index contributed by atoms with van der Waals surface area (Å²) in [6.07, 6.45) is 0.967. The van der Waals surface area contributed by atoms with Gasteiger partial charge < -0.3 is 19.3 Å². The first-order valence-corrected chi connectivity index (χ1v) is 10.2. The van der Waals surface area contributed by atoms with E-state index in [0.717, 1.165) is 48.0 Å². The van der Waals surface area contributed by atoms with E-state index in [1.807, 2.05) is 35.2 Å². The second-order valence-electron chi connectivity index (χ2n) is 7.82. The minimum atomic E-state index is -0.0000468. The Morgan fingerprint density at radius 2 is 1.90 bits per heavy atom. The summed E-state index contributed by atoms with van der Waals surface area (Å²) in [5.41, 5.74) is 3.08. The van der Waals surface area contributed by atoms with Crippen molar-refractivity contribution < 1.29 is 14.3 Å². The Morgan fingerprint density at radius 1 is 1.17 bits per heavy atom. The van der Waals surface area contributed by atoms with E-state index in [0.29, 0.717) is 13.1 Å². The number of carbonyl (C=O) groups is 1. The molecule has 1 fully saturated rings. The molecule has 0 bridgehead atoms. The van der Waals surface area contributed by atoms with Crippen molar-refractivity contribution >= 4 is 11.7 Å². The average Bonchev–Trinajstić information content (AvgIpc) is 2.72. The van der Waals surface area contributed by atoms with Crippen molar-refractivity contribution in [1.82, 2.24) is 14.9 Å². The van der Waals surface area contributed by atoms with E-state index in [1.54, 1.807) is 7.11 Å². The van der Waals surface area contributed by atoms with Crippen molar-refractivity contribution in [3.8, 4) is 11.4 Å². The zero-order valence-electron chi connectivity index (χ0n) is 17.3. The number of hydrogen-bond donors (Lipinski definition) is 0. The summed E-state index contributed by atoms with van der Waals surface area (Å²) >= 11 is 0. The summed E-state index contributed by atoms with van der Waals surface area (Å²) in [6.45, 7) is 6.98. The molecular formula is C22H28N4O3. The Labute approximate surface area is 171 Å². The van der Waals surface area contributed by atoms with Crippen molar-refractivity contribution in [3.63, 3.8) is 0 Å². The van der Waals surface area contributed by atoms with Gasteiger partial charge in [-0.2, -0.15) is 0 Å². The van der Waals surface area contributed by atoms with E-state index in [2.05, 4.69) is 18.7 Å². The van der Waals surface area contributed by atoms with Gasteiger partial charge in [-0.05, 0) is 13.8 Å². The second kappa shape index (κ2) is 8.47. The largest absolute Gasteiger partial charge is 0.375 e. The number of benzene rings is 1. The molecule has 0 N–H and O–H groups in total. The van der Waals surface area contributed by atoms with Crippen molar-refractivity contribution in [2.45, 2.75) is 39.0 Å². The number of nitrogens with zero attached hydrogens (tertiary/aromatic N) is 4. The van der Waals surface area contributed by atoms with Crippen LogP contribution in [0.4, 0.5) is 5.82 Å². The Bertz CT molecular complexity index is 864. The van der Waals surface area contributed by atoms with Crippen molar-refractivity contribution in [2.24, 2.45) is 0 Å². The normalized spacial score (nSPS) is 21.8. The van der Waals surface area contributed by atoms with Crippen LogP contribution in [0.3, 0.4) is 0 Å². The molecule has 1 aromatic heterocycles. The van der Waals surface area contributed by atoms with E-state index in [1.165, 1.54) is 0 Å². The summed E-state index contributed by atoms with van der Waals surface area (Å²) in [5, 5.41) is 0. The number of anilines is 1. The Morgan fingerprint density at radius 3 is 2.59 bits per heavy atom. The quantitative estimate of drug-likeness (QED) is 0.790. The molecule has 3 heterocycles. The molecule has 0 saturated carbocycles. The van der Waals surface area contributed by atoms with Crippen molar-refractivity contribution in [1.29, 1.82) is 0 Å². The minimum absolute atomic E-state index is 0.0000468. The molecule has 7 heteroatoms. The van der Waals surface area contributed by atoms with Crippen LogP contribution in [0.2, 0.25) is 0 Å². The molecule has 2 aliphatic heterocycles. The molecule has 2 aromatic rings. The van der Waals surface area contributed by atoms with Gasteiger partial charge in [0.1, 0.15) is 12.4 Å². The summed E-state index contributed by atoms with van der Waals surface area (Å²) in [5.74, 6) is 1.66. The van der Waals surface area contributed by atoms with Crippen LogP contribution in [-0.2, 0) is 27.2 Å². The lowest BCUT2D eigenvalue weighted by atomic mass is 10.0. The number of methoxy groups -OCH3 is 1. The monoisotopic (exact) mass is 396 g/mol. The number of amides is 1. The molecule has 2 aliphatic rings. The molecule has 0 radical (unpaired) electrons. The molecule has 0 aliphatic carbocycles. The van der Waals surface area contributed by atoms with Crippen LogP contribution in [-0.4, -0.2) is 66.3 Å². The highest BCUT2D eigenvalue weighted by molar-refractivity contribution is 5.78. The fourth-order valence-electron chi connectivity index (χ4n) is 4.15. The lowest BCUT2D eigenvalue weighted by Gasteiger charge is -2.39. The second-order valence-corrected chi connectivity index (χ2v) is 7.82. The highest BCUT2D eigenvalue weighted by Gasteiger charge is 2.31. The van der Waals surface area contributed by atoms with Gasteiger partial charge in [0.05, 0.1) is 24.4 Å². The summed E-state index contributed by atoms with van der Waals surface area (Å²) in [4.78, 5) is 26.4. The maximum atomic E-state index is 12.4. The van der Waals surface area contributed by atoms with E-state index >= 15 is 0 Å². The van der Waals surface area contributed by atoms with Gasteiger partial charge in [0.25, 0.3) is 0 Å². The Balaban J connectivity index is 1.75. The van der Waals surface area contributed by atoms with Gasteiger partial charge in [-0.15, -0.1) is 0 Å². The maximum absolute atomic E-state index is 12.4. The zero-order chi connectivity index (χ0) is 20.4. The number of aromatic nitrogens is 2. The van der Waals surface area contributed by atoms with Crippen LogP contribution >= 0.6 is 0 Å². The average molecular weight is 396 g/mol. The lowest BCUT2D eigenvalue weighted by molar-refractivity contribution is -0.136. The number of morpholine rings is 1. The molecule has 2 atom stereocenters. The predicted octanol–water partition coefficient (Wildman–Crippen LogP) is 2.29. The third-order valence-corrected chi connectivity index (χ3v) is 5.41. The van der Waals surface area contributed by atoms with Gasteiger partial charge in [-0.3, -0.25) is 4.79 Å². The van der Waals surface area contributed by atoms with Crippen molar-refractivity contribution in [2.75, 3.05) is 38.3 Å². The minimum Gasteiger partial charge on any atom is -0.375 e. The van der Waals surface area contributed by atoms with Crippen LogP contribution in [0.5, 0.6) is 0 Å². The number of fused-ring (bicyclic) bond motifs is 1. The Kier molecular flexibility index (Phi) is 5.78. The fourth-order valence-corrected chi connectivity index (χ4v) is 4.15. The molecule has 7 nitrogen and oxygen atoms in total. The van der Waals surface area contributed by atoms with Crippen LogP contribution < -0.4 is 4.90 Å². The first kappa shape index (κ1) is 19.8. The predicted molar refractivity (Wildman–Crippen MR) is 111 cm³/mol. The molecule has 0 spiro atoms. The topological polar surface area (TPSA) is 67.8 Å². The molecule has 154 valence electrons. The third-order valence-electron chi connectivity index (χ3n) is 5.41.